The zero-order valence-electron chi connectivity index (χ0n) is 12.5. The predicted molar refractivity (Wildman–Crippen MR) is 75.9 cm³/mol. The van der Waals surface area contributed by atoms with Crippen LogP contribution in [0.3, 0.4) is 0 Å². The Morgan fingerprint density at radius 1 is 1.35 bits per heavy atom. The van der Waals surface area contributed by atoms with Crippen LogP contribution in [0.25, 0.3) is 5.52 Å². The summed E-state index contributed by atoms with van der Waals surface area (Å²) in [5.74, 6) is 0.701. The van der Waals surface area contributed by atoms with Gasteiger partial charge < -0.3 is 14.2 Å². The quantitative estimate of drug-likeness (QED) is 0.679. The van der Waals surface area contributed by atoms with E-state index in [9.17, 15) is 0 Å². The van der Waals surface area contributed by atoms with Crippen LogP contribution in [-0.2, 0) is 12.8 Å². The van der Waals surface area contributed by atoms with Gasteiger partial charge in [-0.15, -0.1) is 0 Å². The molecule has 0 unspecified atom stereocenters. The number of ether oxygens (including phenoxy) is 1. The first-order valence-corrected chi connectivity index (χ1v) is 6.95. The molecule has 0 bridgehead atoms. The van der Waals surface area contributed by atoms with Crippen LogP contribution < -0.4 is 4.74 Å². The van der Waals surface area contributed by atoms with E-state index in [1.165, 1.54) is 11.3 Å². The van der Waals surface area contributed by atoms with Crippen molar-refractivity contribution in [1.29, 1.82) is 0 Å². The third-order valence-electron chi connectivity index (χ3n) is 3.27. The van der Waals surface area contributed by atoms with Gasteiger partial charge in [0.05, 0.1) is 12.3 Å². The molecule has 0 aliphatic carbocycles. The summed E-state index contributed by atoms with van der Waals surface area (Å²) < 4.78 is 7.82. The van der Waals surface area contributed by atoms with Gasteiger partial charge in [0.1, 0.15) is 5.52 Å². The normalized spacial score (nSPS) is 10.6. The summed E-state index contributed by atoms with van der Waals surface area (Å²) in [5, 5.41) is 9.01. The molecule has 0 atom stereocenters. The smallest absolute Gasteiger partial charge is 0.238 e. The van der Waals surface area contributed by atoms with Crippen LogP contribution in [0.4, 0.5) is 0 Å². The van der Waals surface area contributed by atoms with E-state index in [2.05, 4.69) is 28.6 Å². The second-order valence-electron chi connectivity index (χ2n) is 4.67. The standard InChI is InChI=1S/C15H22N2O2.Ac/c1-4-13-12(7-6-8-18)9-14-15(19-5-2)16-11(3)10-17(13)14;/h9-10,18H,4-8H2,1-3H3;. The number of aliphatic hydroxyl groups is 1. The Morgan fingerprint density at radius 2 is 2.10 bits per heavy atom. The van der Waals surface area contributed by atoms with E-state index in [1.54, 1.807) is 0 Å². The van der Waals surface area contributed by atoms with Crippen LogP contribution in [0, 0.1) is 51.0 Å². The molecule has 1 N–H and O–H groups in total. The third kappa shape index (κ3) is 3.75. The topological polar surface area (TPSA) is 46.8 Å². The Hall–Kier alpha value is -0.108. The number of aromatic nitrogens is 2. The molecule has 0 aromatic carbocycles. The van der Waals surface area contributed by atoms with Crippen molar-refractivity contribution >= 4 is 5.52 Å². The number of aliphatic hydroxyl groups excluding tert-OH is 1. The Morgan fingerprint density at radius 3 is 2.70 bits per heavy atom. The first-order chi connectivity index (χ1) is 9.21. The van der Waals surface area contributed by atoms with E-state index < -0.39 is 0 Å². The maximum absolute atomic E-state index is 9.01. The second kappa shape index (κ2) is 8.36. The van der Waals surface area contributed by atoms with Crippen LogP contribution >= 0.6 is 0 Å². The fourth-order valence-corrected chi connectivity index (χ4v) is 2.49. The summed E-state index contributed by atoms with van der Waals surface area (Å²) in [5.41, 5.74) is 4.55. The van der Waals surface area contributed by atoms with Crippen LogP contribution in [0.1, 0.15) is 37.2 Å². The van der Waals surface area contributed by atoms with Gasteiger partial charge in [-0.3, -0.25) is 0 Å². The largest absolute Gasteiger partial charge is 0.476 e. The maximum Gasteiger partial charge on any atom is 0.238 e. The molecule has 0 spiro atoms. The van der Waals surface area contributed by atoms with E-state index in [-0.39, 0.29) is 50.7 Å². The molecule has 0 saturated carbocycles. The summed E-state index contributed by atoms with van der Waals surface area (Å²) in [6.07, 6.45) is 4.70. The molecule has 2 heterocycles. The van der Waals surface area contributed by atoms with Gasteiger partial charge in [0.15, 0.2) is 0 Å². The van der Waals surface area contributed by atoms with E-state index in [1.807, 2.05) is 13.8 Å². The fourth-order valence-electron chi connectivity index (χ4n) is 2.49. The van der Waals surface area contributed by atoms with Gasteiger partial charge in [-0.25, -0.2) is 4.98 Å². The van der Waals surface area contributed by atoms with Crippen molar-refractivity contribution in [3.8, 4) is 5.88 Å². The van der Waals surface area contributed by atoms with Crippen LogP contribution in [0.5, 0.6) is 5.88 Å². The third-order valence-corrected chi connectivity index (χ3v) is 3.27. The van der Waals surface area contributed by atoms with Crippen LogP contribution in [0.15, 0.2) is 12.3 Å². The maximum atomic E-state index is 9.01. The number of aryl methyl sites for hydroxylation is 3. The van der Waals surface area contributed by atoms with Crippen molar-refractivity contribution in [3.63, 3.8) is 0 Å². The Bertz CT molecular complexity index is 566. The number of hydrogen-bond acceptors (Lipinski definition) is 3. The molecule has 4 nitrogen and oxygen atoms in total. The van der Waals surface area contributed by atoms with Crippen molar-refractivity contribution in [2.24, 2.45) is 0 Å². The fraction of sp³-hybridized carbons (Fsp3) is 0.533. The van der Waals surface area contributed by atoms with Gasteiger partial charge in [0.2, 0.25) is 5.88 Å². The number of nitrogens with zero attached hydrogens (tertiary/aromatic N) is 2. The van der Waals surface area contributed by atoms with Crippen molar-refractivity contribution in [3.05, 3.63) is 29.2 Å². The molecule has 0 saturated heterocycles. The Kier molecular flexibility index (Phi) is 7.50. The van der Waals surface area contributed by atoms with Gasteiger partial charge in [0, 0.05) is 62.6 Å². The number of fused-ring (bicyclic) bond motifs is 1. The molecule has 0 amide bonds. The van der Waals surface area contributed by atoms with Gasteiger partial charge in [-0.05, 0) is 44.7 Å². The molecular formula is C15H22AcN2O2. The molecule has 2 rings (SSSR count). The monoisotopic (exact) mass is 489 g/mol. The number of hydrogen-bond donors (Lipinski definition) is 1. The summed E-state index contributed by atoms with van der Waals surface area (Å²) >= 11 is 0. The van der Waals surface area contributed by atoms with E-state index in [4.69, 9.17) is 9.84 Å². The average Bonchev–Trinajstić information content (AvgIpc) is 2.74. The molecule has 0 aliphatic rings. The van der Waals surface area contributed by atoms with Gasteiger partial charge in [-0.2, -0.15) is 0 Å². The molecule has 0 fully saturated rings. The molecule has 20 heavy (non-hydrogen) atoms. The molecule has 1 radical (unpaired) electrons. The molecule has 107 valence electrons. The van der Waals surface area contributed by atoms with E-state index >= 15 is 0 Å². The van der Waals surface area contributed by atoms with E-state index in [0.717, 1.165) is 30.5 Å². The van der Waals surface area contributed by atoms with Crippen molar-refractivity contribution in [2.45, 2.75) is 40.0 Å². The first kappa shape index (κ1) is 17.9. The molecule has 5 heteroatoms. The molecule has 0 aliphatic heterocycles. The zero-order valence-corrected chi connectivity index (χ0v) is 17.3. The minimum atomic E-state index is 0. The van der Waals surface area contributed by atoms with Crippen molar-refractivity contribution < 1.29 is 53.9 Å². The van der Waals surface area contributed by atoms with Gasteiger partial charge in [0.25, 0.3) is 0 Å². The first-order valence-electron chi connectivity index (χ1n) is 6.95. The Balaban J connectivity index is 0.00000200. The summed E-state index contributed by atoms with van der Waals surface area (Å²) in [6.45, 7) is 6.95. The molecule has 2 aromatic heterocycles. The summed E-state index contributed by atoms with van der Waals surface area (Å²) in [6, 6.07) is 2.14. The Labute approximate surface area is 156 Å². The van der Waals surface area contributed by atoms with Crippen LogP contribution in [0.2, 0.25) is 0 Å². The van der Waals surface area contributed by atoms with Crippen molar-refractivity contribution in [1.82, 2.24) is 9.38 Å². The summed E-state index contributed by atoms with van der Waals surface area (Å²) in [7, 11) is 0. The predicted octanol–water partition coefficient (Wildman–Crippen LogP) is 2.53. The molecule has 2 aromatic rings. The number of rotatable bonds is 6. The van der Waals surface area contributed by atoms with Crippen LogP contribution in [-0.4, -0.2) is 27.7 Å². The summed E-state index contributed by atoms with van der Waals surface area (Å²) in [4.78, 5) is 4.47. The van der Waals surface area contributed by atoms with Crippen molar-refractivity contribution in [2.75, 3.05) is 13.2 Å². The minimum absolute atomic E-state index is 0. The SMILES string of the molecule is CCOc1nc(C)cn2c(CC)c(CCCO)cc12.[Ac]. The van der Waals surface area contributed by atoms with Gasteiger partial charge in [-0.1, -0.05) is 6.92 Å². The van der Waals surface area contributed by atoms with E-state index in [0.29, 0.717) is 12.5 Å². The average molecular weight is 489 g/mol. The molecular weight excluding hydrogens is 467 g/mol. The zero-order chi connectivity index (χ0) is 13.8. The van der Waals surface area contributed by atoms with Gasteiger partial charge >= 0.3 is 0 Å². The minimum Gasteiger partial charge on any atom is -0.476 e. The second-order valence-corrected chi connectivity index (χ2v) is 4.67.